The Bertz CT molecular complexity index is 586. The van der Waals surface area contributed by atoms with Crippen molar-refractivity contribution in [1.82, 2.24) is 20.5 Å². The monoisotopic (exact) mass is 328 g/mol. The minimum atomic E-state index is 0.234. The van der Waals surface area contributed by atoms with Gasteiger partial charge in [0.1, 0.15) is 0 Å². The smallest absolute Gasteiger partial charge is 0.166 e. The first-order valence-corrected chi connectivity index (χ1v) is 8.19. The zero-order valence-electron chi connectivity index (χ0n) is 13.7. The van der Waals surface area contributed by atoms with Crippen LogP contribution in [-0.4, -0.2) is 42.2 Å². The molecule has 4 nitrogen and oxygen atoms in total. The molecule has 122 valence electrons. The van der Waals surface area contributed by atoms with Crippen molar-refractivity contribution in [2.45, 2.75) is 12.5 Å². The molecule has 0 fully saturated rings. The highest BCUT2D eigenvalue weighted by Crippen LogP contribution is 2.15. The maximum absolute atomic E-state index is 5.37. The molecule has 5 heteroatoms. The van der Waals surface area contributed by atoms with Crippen LogP contribution in [0.3, 0.4) is 0 Å². The van der Waals surface area contributed by atoms with Gasteiger partial charge in [-0.25, -0.2) is 0 Å². The molecule has 1 heterocycles. The van der Waals surface area contributed by atoms with Crippen molar-refractivity contribution in [1.29, 1.82) is 0 Å². The van der Waals surface area contributed by atoms with Crippen LogP contribution in [0.1, 0.15) is 17.2 Å². The van der Waals surface area contributed by atoms with Gasteiger partial charge in [-0.2, -0.15) is 0 Å². The Balaban J connectivity index is 1.76. The van der Waals surface area contributed by atoms with Crippen molar-refractivity contribution in [2.75, 3.05) is 27.2 Å². The lowest BCUT2D eigenvalue weighted by Gasteiger charge is -2.25. The second-order valence-electron chi connectivity index (χ2n) is 5.64. The van der Waals surface area contributed by atoms with Crippen molar-refractivity contribution >= 4 is 17.3 Å². The van der Waals surface area contributed by atoms with Crippen LogP contribution in [0.5, 0.6) is 0 Å². The highest BCUT2D eigenvalue weighted by molar-refractivity contribution is 7.80. The summed E-state index contributed by atoms with van der Waals surface area (Å²) in [5.41, 5.74) is 2.49. The summed E-state index contributed by atoms with van der Waals surface area (Å²) in [5, 5.41) is 7.25. The Morgan fingerprint density at radius 3 is 2.57 bits per heavy atom. The maximum atomic E-state index is 5.37. The summed E-state index contributed by atoms with van der Waals surface area (Å²) in [6.07, 6.45) is 4.65. The van der Waals surface area contributed by atoms with E-state index >= 15 is 0 Å². The fourth-order valence-corrected chi connectivity index (χ4v) is 2.57. The minimum Gasteiger partial charge on any atom is -0.362 e. The van der Waals surface area contributed by atoms with Crippen LogP contribution >= 0.6 is 12.2 Å². The Morgan fingerprint density at radius 1 is 1.13 bits per heavy atom. The lowest BCUT2D eigenvalue weighted by atomic mass is 10.1. The van der Waals surface area contributed by atoms with Crippen molar-refractivity contribution in [3.8, 4) is 0 Å². The van der Waals surface area contributed by atoms with E-state index in [2.05, 4.69) is 64.9 Å². The number of thiocarbonyl (C=S) groups is 1. The fourth-order valence-electron chi connectivity index (χ4n) is 2.39. The summed E-state index contributed by atoms with van der Waals surface area (Å²) in [6, 6.07) is 14.7. The van der Waals surface area contributed by atoms with Gasteiger partial charge in [0.15, 0.2) is 5.11 Å². The molecule has 2 aromatic rings. The number of hydrogen-bond acceptors (Lipinski definition) is 3. The first-order valence-electron chi connectivity index (χ1n) is 7.79. The Morgan fingerprint density at radius 2 is 1.91 bits per heavy atom. The minimum absolute atomic E-state index is 0.234. The van der Waals surface area contributed by atoms with Crippen LogP contribution in [0.25, 0.3) is 0 Å². The summed E-state index contributed by atoms with van der Waals surface area (Å²) < 4.78 is 0. The van der Waals surface area contributed by atoms with Gasteiger partial charge < -0.3 is 15.5 Å². The van der Waals surface area contributed by atoms with Gasteiger partial charge in [-0.1, -0.05) is 36.4 Å². The van der Waals surface area contributed by atoms with Gasteiger partial charge >= 0.3 is 0 Å². The van der Waals surface area contributed by atoms with Crippen LogP contribution in [0.2, 0.25) is 0 Å². The molecule has 2 N–H and O–H groups in total. The van der Waals surface area contributed by atoms with Crippen LogP contribution < -0.4 is 10.6 Å². The predicted octanol–water partition coefficient (Wildman–Crippen LogP) is 2.39. The number of nitrogens with zero attached hydrogens (tertiary/aromatic N) is 2. The molecule has 0 bridgehead atoms. The van der Waals surface area contributed by atoms with E-state index in [0.717, 1.165) is 19.5 Å². The standard InChI is InChI=1S/C18H24N4S/c1-22(2)17(16-9-6-11-19-13-16)14-21-18(23)20-12-10-15-7-4-3-5-8-15/h3-9,11,13,17H,10,12,14H2,1-2H3,(H2,20,21,23)/t17-/m1/s1. The van der Waals surface area contributed by atoms with Gasteiger partial charge in [-0.3, -0.25) is 4.98 Å². The van der Waals surface area contributed by atoms with Gasteiger partial charge in [0, 0.05) is 25.5 Å². The predicted molar refractivity (Wildman–Crippen MR) is 99.4 cm³/mol. The Labute approximate surface area is 143 Å². The molecule has 1 atom stereocenters. The third kappa shape index (κ3) is 5.96. The summed E-state index contributed by atoms with van der Waals surface area (Å²) in [7, 11) is 4.12. The molecule has 0 amide bonds. The number of pyridine rings is 1. The van der Waals surface area contributed by atoms with Crippen molar-refractivity contribution in [3.63, 3.8) is 0 Å². The van der Waals surface area contributed by atoms with Crippen LogP contribution in [-0.2, 0) is 6.42 Å². The number of benzene rings is 1. The first kappa shape index (κ1) is 17.4. The molecule has 0 spiro atoms. The Hall–Kier alpha value is -1.98. The third-order valence-electron chi connectivity index (χ3n) is 3.69. The van der Waals surface area contributed by atoms with E-state index in [1.54, 1.807) is 6.20 Å². The molecule has 0 aliphatic heterocycles. The molecule has 0 saturated heterocycles. The van der Waals surface area contributed by atoms with Gasteiger partial charge in [0.2, 0.25) is 0 Å². The fraction of sp³-hybridized carbons (Fsp3) is 0.333. The van der Waals surface area contributed by atoms with E-state index in [1.165, 1.54) is 11.1 Å². The van der Waals surface area contributed by atoms with E-state index in [9.17, 15) is 0 Å². The Kier molecular flexibility index (Phi) is 6.97. The zero-order chi connectivity index (χ0) is 16.5. The molecule has 1 aromatic carbocycles. The lowest BCUT2D eigenvalue weighted by molar-refractivity contribution is 0.298. The van der Waals surface area contributed by atoms with Gasteiger partial charge in [-0.15, -0.1) is 0 Å². The number of aromatic nitrogens is 1. The third-order valence-corrected chi connectivity index (χ3v) is 3.98. The maximum Gasteiger partial charge on any atom is 0.166 e. The van der Waals surface area contributed by atoms with E-state index in [0.29, 0.717) is 5.11 Å². The van der Waals surface area contributed by atoms with Crippen molar-refractivity contribution in [3.05, 3.63) is 66.0 Å². The average molecular weight is 328 g/mol. The normalized spacial score (nSPS) is 12.0. The topological polar surface area (TPSA) is 40.2 Å². The molecule has 2 rings (SSSR count). The highest BCUT2D eigenvalue weighted by atomic mass is 32.1. The first-order chi connectivity index (χ1) is 11.2. The van der Waals surface area contributed by atoms with E-state index in [4.69, 9.17) is 12.2 Å². The van der Waals surface area contributed by atoms with Crippen LogP contribution in [0.4, 0.5) is 0 Å². The van der Waals surface area contributed by atoms with Crippen LogP contribution in [0.15, 0.2) is 54.9 Å². The second kappa shape index (κ2) is 9.22. The van der Waals surface area contributed by atoms with E-state index in [1.807, 2.05) is 18.3 Å². The summed E-state index contributed by atoms with van der Waals surface area (Å²) >= 11 is 5.37. The summed E-state index contributed by atoms with van der Waals surface area (Å²) in [5.74, 6) is 0. The largest absolute Gasteiger partial charge is 0.362 e. The number of rotatable bonds is 7. The molecule has 0 radical (unpaired) electrons. The number of likely N-dealkylation sites (N-methyl/N-ethyl adjacent to an activating group) is 1. The molecule has 0 aliphatic carbocycles. The SMILES string of the molecule is CN(C)[C@H](CNC(=S)NCCc1ccccc1)c1cccnc1. The van der Waals surface area contributed by atoms with Gasteiger partial charge in [0.05, 0.1) is 6.04 Å². The quantitative estimate of drug-likeness (QED) is 0.764. The molecule has 0 unspecified atom stereocenters. The zero-order valence-corrected chi connectivity index (χ0v) is 14.5. The van der Waals surface area contributed by atoms with Crippen LogP contribution in [0, 0.1) is 0 Å². The van der Waals surface area contributed by atoms with E-state index in [-0.39, 0.29) is 6.04 Å². The molecule has 0 aliphatic rings. The molecular formula is C18H24N4S. The number of hydrogen-bond donors (Lipinski definition) is 2. The molecule has 0 saturated carbocycles. The average Bonchev–Trinajstić information content (AvgIpc) is 2.57. The molecule has 1 aromatic heterocycles. The van der Waals surface area contributed by atoms with Gasteiger partial charge in [-0.05, 0) is 49.9 Å². The van der Waals surface area contributed by atoms with Crippen molar-refractivity contribution in [2.24, 2.45) is 0 Å². The summed E-state index contributed by atoms with van der Waals surface area (Å²) in [4.78, 5) is 6.36. The van der Waals surface area contributed by atoms with Gasteiger partial charge in [0.25, 0.3) is 0 Å². The number of nitrogens with one attached hydrogen (secondary N) is 2. The molecule has 23 heavy (non-hydrogen) atoms. The lowest BCUT2D eigenvalue weighted by Crippen LogP contribution is -2.41. The molecular weight excluding hydrogens is 304 g/mol. The highest BCUT2D eigenvalue weighted by Gasteiger charge is 2.14. The van der Waals surface area contributed by atoms with Crippen molar-refractivity contribution < 1.29 is 0 Å². The van der Waals surface area contributed by atoms with E-state index < -0.39 is 0 Å². The summed E-state index contributed by atoms with van der Waals surface area (Å²) in [6.45, 7) is 1.57. The second-order valence-corrected chi connectivity index (χ2v) is 6.05.